The predicted octanol–water partition coefficient (Wildman–Crippen LogP) is 3.95. The van der Waals surface area contributed by atoms with Gasteiger partial charge in [0.2, 0.25) is 0 Å². The number of aliphatic hydroxyl groups is 1. The Balaban J connectivity index is 2.17. The normalized spacial score (nSPS) is 12.4. The minimum atomic E-state index is -0.593. The van der Waals surface area contributed by atoms with Crippen LogP contribution in [0.15, 0.2) is 46.3 Å². The Hall–Kier alpha value is -1.46. The molecule has 1 unspecified atom stereocenters. The molecule has 0 radical (unpaired) electrons. The van der Waals surface area contributed by atoms with E-state index >= 15 is 0 Å². The van der Waals surface area contributed by atoms with Crippen LogP contribution in [0.3, 0.4) is 0 Å². The van der Waals surface area contributed by atoms with Crippen LogP contribution in [-0.2, 0) is 0 Å². The Labute approximate surface area is 114 Å². The maximum Gasteiger partial charge on any atom is 0.137 e. The van der Waals surface area contributed by atoms with Crippen LogP contribution in [0.5, 0.6) is 0 Å². The molecule has 1 N–H and O–H groups in total. The number of hydrogen-bond donors (Lipinski definition) is 1. The minimum Gasteiger partial charge on any atom is -0.387 e. The first-order valence-electron chi connectivity index (χ1n) is 5.87. The van der Waals surface area contributed by atoms with Crippen LogP contribution in [0.1, 0.15) is 25.1 Å². The second-order valence-electron chi connectivity index (χ2n) is 4.02. The number of benzene rings is 1. The van der Waals surface area contributed by atoms with Crippen LogP contribution in [0, 0.1) is 11.6 Å². The summed E-state index contributed by atoms with van der Waals surface area (Å²) in [5.41, 5.74) is 0.576. The number of hydrogen-bond acceptors (Lipinski definition) is 3. The fourth-order valence-electron chi connectivity index (χ4n) is 1.54. The molecule has 0 amide bonds. The molecular weight excluding hydrogens is 268 g/mol. The van der Waals surface area contributed by atoms with Crippen molar-refractivity contribution in [3.05, 3.63) is 53.9 Å². The Bertz CT molecular complexity index is 560. The molecule has 2 rings (SSSR count). The topological polar surface area (TPSA) is 33.1 Å². The Kier molecular flexibility index (Phi) is 4.50. The van der Waals surface area contributed by atoms with Gasteiger partial charge < -0.3 is 5.11 Å². The van der Waals surface area contributed by atoms with Gasteiger partial charge in [-0.05, 0) is 36.8 Å². The van der Waals surface area contributed by atoms with E-state index in [2.05, 4.69) is 4.98 Å². The van der Waals surface area contributed by atoms with Crippen molar-refractivity contribution in [3.8, 4) is 0 Å². The van der Waals surface area contributed by atoms with Crippen molar-refractivity contribution in [1.29, 1.82) is 0 Å². The monoisotopic (exact) mass is 281 g/mol. The van der Waals surface area contributed by atoms with Gasteiger partial charge in [-0.2, -0.15) is 0 Å². The van der Waals surface area contributed by atoms with Gasteiger partial charge in [-0.1, -0.05) is 18.7 Å². The smallest absolute Gasteiger partial charge is 0.137 e. The highest BCUT2D eigenvalue weighted by Gasteiger charge is 2.09. The standard InChI is InChI=1S/C14H13F2NOS/c1-2-13(18)12-6-4-10(8-17-12)19-14-7-9(15)3-5-11(14)16/h3-8,13,18H,2H2,1H3. The average Bonchev–Trinajstić information content (AvgIpc) is 2.43. The van der Waals surface area contributed by atoms with E-state index in [0.717, 1.165) is 30.0 Å². The first kappa shape index (κ1) is 14.0. The summed E-state index contributed by atoms with van der Waals surface area (Å²) >= 11 is 1.10. The molecule has 2 aromatic rings. The highest BCUT2D eigenvalue weighted by atomic mass is 32.2. The minimum absolute atomic E-state index is 0.214. The molecule has 0 saturated carbocycles. The summed E-state index contributed by atoms with van der Waals surface area (Å²) in [4.78, 5) is 5.02. The molecular formula is C14H13F2NOS. The first-order valence-corrected chi connectivity index (χ1v) is 6.68. The van der Waals surface area contributed by atoms with Gasteiger partial charge in [-0.15, -0.1) is 0 Å². The zero-order chi connectivity index (χ0) is 13.8. The van der Waals surface area contributed by atoms with Gasteiger partial charge >= 0.3 is 0 Å². The van der Waals surface area contributed by atoms with E-state index < -0.39 is 17.7 Å². The molecule has 1 heterocycles. The van der Waals surface area contributed by atoms with Crippen molar-refractivity contribution in [2.75, 3.05) is 0 Å². The molecule has 0 fully saturated rings. The van der Waals surface area contributed by atoms with Gasteiger partial charge in [0.05, 0.1) is 16.7 Å². The van der Waals surface area contributed by atoms with Crippen LogP contribution in [0.2, 0.25) is 0 Å². The van der Waals surface area contributed by atoms with Crippen LogP contribution >= 0.6 is 11.8 Å². The maximum atomic E-state index is 13.5. The van der Waals surface area contributed by atoms with Crippen LogP contribution in [0.4, 0.5) is 8.78 Å². The third-order valence-electron chi connectivity index (χ3n) is 2.61. The van der Waals surface area contributed by atoms with Crippen LogP contribution < -0.4 is 0 Å². The molecule has 1 aromatic carbocycles. The molecule has 0 aliphatic heterocycles. The van der Waals surface area contributed by atoms with Crippen molar-refractivity contribution in [3.63, 3.8) is 0 Å². The quantitative estimate of drug-likeness (QED) is 0.921. The van der Waals surface area contributed by atoms with E-state index in [1.165, 1.54) is 0 Å². The summed E-state index contributed by atoms with van der Waals surface area (Å²) in [5.74, 6) is -0.945. The Morgan fingerprint density at radius 3 is 2.68 bits per heavy atom. The maximum absolute atomic E-state index is 13.5. The lowest BCUT2D eigenvalue weighted by Gasteiger charge is -2.08. The summed E-state index contributed by atoms with van der Waals surface area (Å²) in [6.45, 7) is 1.86. The Morgan fingerprint density at radius 1 is 1.26 bits per heavy atom. The number of aliphatic hydroxyl groups excluding tert-OH is 1. The first-order chi connectivity index (χ1) is 9.10. The third-order valence-corrected chi connectivity index (χ3v) is 3.62. The molecule has 1 atom stereocenters. The van der Waals surface area contributed by atoms with Gasteiger partial charge in [0.1, 0.15) is 11.6 Å². The second-order valence-corrected chi connectivity index (χ2v) is 5.13. The van der Waals surface area contributed by atoms with E-state index in [4.69, 9.17) is 0 Å². The van der Waals surface area contributed by atoms with Gasteiger partial charge in [-0.25, -0.2) is 8.78 Å². The van der Waals surface area contributed by atoms with Crippen molar-refractivity contribution in [2.24, 2.45) is 0 Å². The van der Waals surface area contributed by atoms with Crippen molar-refractivity contribution in [2.45, 2.75) is 29.2 Å². The fourth-order valence-corrected chi connectivity index (χ4v) is 2.37. The number of rotatable bonds is 4. The van der Waals surface area contributed by atoms with Crippen molar-refractivity contribution >= 4 is 11.8 Å². The zero-order valence-electron chi connectivity index (χ0n) is 10.3. The molecule has 100 valence electrons. The van der Waals surface area contributed by atoms with Gasteiger partial charge in [0.25, 0.3) is 0 Å². The van der Waals surface area contributed by atoms with E-state index in [1.807, 2.05) is 6.92 Å². The molecule has 19 heavy (non-hydrogen) atoms. The SMILES string of the molecule is CCC(O)c1ccc(Sc2cc(F)ccc2F)cn1. The lowest BCUT2D eigenvalue weighted by Crippen LogP contribution is -1.97. The summed E-state index contributed by atoms with van der Waals surface area (Å²) in [5, 5.41) is 9.61. The molecule has 0 aliphatic rings. The fraction of sp³-hybridized carbons (Fsp3) is 0.214. The van der Waals surface area contributed by atoms with Crippen LogP contribution in [0.25, 0.3) is 0 Å². The summed E-state index contributed by atoms with van der Waals surface area (Å²) in [6, 6.07) is 6.75. The van der Waals surface area contributed by atoms with Gasteiger partial charge in [0.15, 0.2) is 0 Å². The lowest BCUT2D eigenvalue weighted by atomic mass is 10.2. The largest absolute Gasteiger partial charge is 0.387 e. The molecule has 2 nitrogen and oxygen atoms in total. The number of halogens is 2. The molecule has 0 saturated heterocycles. The highest BCUT2D eigenvalue weighted by molar-refractivity contribution is 7.99. The number of aromatic nitrogens is 1. The van der Waals surface area contributed by atoms with Gasteiger partial charge in [0, 0.05) is 11.1 Å². The van der Waals surface area contributed by atoms with Gasteiger partial charge in [-0.3, -0.25) is 4.98 Å². The molecule has 0 bridgehead atoms. The van der Waals surface area contributed by atoms with E-state index in [0.29, 0.717) is 17.0 Å². The third kappa shape index (κ3) is 3.52. The van der Waals surface area contributed by atoms with E-state index in [-0.39, 0.29) is 4.90 Å². The molecule has 1 aromatic heterocycles. The Morgan fingerprint density at radius 2 is 2.05 bits per heavy atom. The van der Waals surface area contributed by atoms with Crippen LogP contribution in [-0.4, -0.2) is 10.1 Å². The van der Waals surface area contributed by atoms with E-state index in [9.17, 15) is 13.9 Å². The van der Waals surface area contributed by atoms with E-state index in [1.54, 1.807) is 18.3 Å². The molecule has 5 heteroatoms. The summed E-state index contributed by atoms with van der Waals surface area (Å²) < 4.78 is 26.5. The number of pyridine rings is 1. The summed E-state index contributed by atoms with van der Waals surface area (Å²) in [7, 11) is 0. The molecule has 0 aliphatic carbocycles. The highest BCUT2D eigenvalue weighted by Crippen LogP contribution is 2.30. The average molecular weight is 281 g/mol. The van der Waals surface area contributed by atoms with Crippen molar-refractivity contribution < 1.29 is 13.9 Å². The van der Waals surface area contributed by atoms with Crippen molar-refractivity contribution in [1.82, 2.24) is 4.98 Å². The zero-order valence-corrected chi connectivity index (χ0v) is 11.1. The second kappa shape index (κ2) is 6.12. The summed E-state index contributed by atoms with van der Waals surface area (Å²) in [6.07, 6.45) is 1.53. The predicted molar refractivity (Wildman–Crippen MR) is 70.0 cm³/mol. The molecule has 0 spiro atoms. The lowest BCUT2D eigenvalue weighted by molar-refractivity contribution is 0.169. The number of nitrogens with zero attached hydrogens (tertiary/aromatic N) is 1.